The average Bonchev–Trinajstić information content (AvgIpc) is 2.88. The standard InChI is InChI=1S/2C12H22O4.C6H8N.HI/c2*1-3-5-6-7-10(12(15)16)8-9(4-2)11(13)14;1-7-5-3-2-4-6-7;/h2*9-10H,3-8H2,1-2H3,(H,13,14)(H,15,16);2-6H,1H3;1H/q;;+1;/p-1. The lowest BCUT2D eigenvalue weighted by molar-refractivity contribution is -0.671. The molecule has 0 aliphatic carbocycles. The fraction of sp³-hybridized carbons (Fsp3) is 0.700. The Morgan fingerprint density at radius 3 is 1.10 bits per heavy atom. The van der Waals surface area contributed by atoms with Crippen LogP contribution in [0.15, 0.2) is 30.6 Å². The van der Waals surface area contributed by atoms with Gasteiger partial charge in [0.1, 0.15) is 7.05 Å². The normalized spacial score (nSPS) is 13.0. The van der Waals surface area contributed by atoms with Gasteiger partial charge in [-0.1, -0.05) is 72.3 Å². The number of rotatable bonds is 18. The maximum Gasteiger partial charge on any atom is 0.306 e. The van der Waals surface area contributed by atoms with Crippen LogP contribution in [-0.4, -0.2) is 44.3 Å². The molecule has 40 heavy (non-hydrogen) atoms. The van der Waals surface area contributed by atoms with Crippen LogP contribution in [0, 0.1) is 23.7 Å². The van der Waals surface area contributed by atoms with E-state index in [1.54, 1.807) is 13.8 Å². The zero-order chi connectivity index (χ0) is 30.2. The number of carboxylic acid groups (broad SMARTS) is 4. The highest BCUT2D eigenvalue weighted by Gasteiger charge is 2.26. The fourth-order valence-corrected chi connectivity index (χ4v) is 4.02. The maximum atomic E-state index is 11.0. The lowest BCUT2D eigenvalue weighted by Gasteiger charge is -2.16. The van der Waals surface area contributed by atoms with Gasteiger partial charge in [-0.2, -0.15) is 0 Å². The van der Waals surface area contributed by atoms with E-state index in [1.807, 2.05) is 42.2 Å². The minimum absolute atomic E-state index is 0. The molecule has 0 aromatic carbocycles. The lowest BCUT2D eigenvalue weighted by atomic mass is 9.89. The molecule has 0 amide bonds. The second-order valence-corrected chi connectivity index (χ2v) is 9.96. The van der Waals surface area contributed by atoms with Gasteiger partial charge in [0, 0.05) is 12.1 Å². The number of nitrogens with zero attached hydrogens (tertiary/aromatic N) is 1. The van der Waals surface area contributed by atoms with Crippen LogP contribution < -0.4 is 28.5 Å². The van der Waals surface area contributed by atoms with Crippen molar-refractivity contribution in [1.82, 2.24) is 0 Å². The SMILES string of the molecule is CCCCCC(CC(CC)C(=O)O)C(=O)O.CCCCCC(CC(CC)C(=O)O)C(=O)O.C[n+]1ccccc1.[I-]. The summed E-state index contributed by atoms with van der Waals surface area (Å²) < 4.78 is 2.00. The summed E-state index contributed by atoms with van der Waals surface area (Å²) in [6, 6.07) is 6.00. The van der Waals surface area contributed by atoms with Gasteiger partial charge in [-0.25, -0.2) is 4.57 Å². The van der Waals surface area contributed by atoms with Crippen molar-refractivity contribution in [2.45, 2.75) is 105 Å². The zero-order valence-electron chi connectivity index (χ0n) is 24.9. The van der Waals surface area contributed by atoms with Crippen LogP contribution in [0.5, 0.6) is 0 Å². The first-order valence-corrected chi connectivity index (χ1v) is 14.3. The van der Waals surface area contributed by atoms with E-state index in [9.17, 15) is 19.2 Å². The Labute approximate surface area is 257 Å². The van der Waals surface area contributed by atoms with Gasteiger partial charge < -0.3 is 44.4 Å². The smallest absolute Gasteiger partial charge is 0.306 e. The summed E-state index contributed by atoms with van der Waals surface area (Å²) in [6.07, 6.45) is 12.5. The summed E-state index contributed by atoms with van der Waals surface area (Å²) in [7, 11) is 2.00. The van der Waals surface area contributed by atoms with E-state index >= 15 is 0 Å². The molecule has 4 N–H and O–H groups in total. The van der Waals surface area contributed by atoms with Crippen molar-refractivity contribution in [3.8, 4) is 0 Å². The molecule has 10 heteroatoms. The Kier molecular flexibility index (Phi) is 28.5. The minimum Gasteiger partial charge on any atom is -1.00 e. The monoisotopic (exact) mass is 681 g/mol. The molecule has 1 rings (SSSR count). The van der Waals surface area contributed by atoms with E-state index in [0.717, 1.165) is 38.5 Å². The van der Waals surface area contributed by atoms with Gasteiger partial charge in [-0.3, -0.25) is 19.2 Å². The number of aliphatic carboxylic acids is 4. The van der Waals surface area contributed by atoms with Gasteiger partial charge >= 0.3 is 23.9 Å². The molecule has 1 aromatic heterocycles. The van der Waals surface area contributed by atoms with Gasteiger partial charge in [-0.15, -0.1) is 0 Å². The number of unbranched alkanes of at least 4 members (excludes halogenated alkanes) is 4. The molecule has 1 heterocycles. The number of halogens is 1. The Balaban J connectivity index is -0.000000541. The highest BCUT2D eigenvalue weighted by molar-refractivity contribution is 5.74. The van der Waals surface area contributed by atoms with Crippen LogP contribution in [0.3, 0.4) is 0 Å². The number of aryl methyl sites for hydroxylation is 1. The maximum absolute atomic E-state index is 11.0. The van der Waals surface area contributed by atoms with Crippen molar-refractivity contribution < 1.29 is 68.1 Å². The van der Waals surface area contributed by atoms with E-state index in [1.165, 1.54) is 0 Å². The molecular weight excluding hydrogens is 629 g/mol. The van der Waals surface area contributed by atoms with E-state index in [4.69, 9.17) is 20.4 Å². The molecule has 9 nitrogen and oxygen atoms in total. The van der Waals surface area contributed by atoms with Crippen LogP contribution in [0.1, 0.15) is 105 Å². The summed E-state index contributed by atoms with van der Waals surface area (Å²) >= 11 is 0. The Bertz CT molecular complexity index is 758. The summed E-state index contributed by atoms with van der Waals surface area (Å²) in [5, 5.41) is 35.8. The van der Waals surface area contributed by atoms with Gasteiger partial charge in [-0.05, 0) is 38.5 Å². The van der Waals surface area contributed by atoms with Crippen LogP contribution >= 0.6 is 0 Å². The molecular formula is C30H52INO8. The minimum atomic E-state index is -0.885. The highest BCUT2D eigenvalue weighted by Crippen LogP contribution is 2.22. The Hall–Kier alpha value is -2.24. The molecule has 0 aliphatic heterocycles. The van der Waals surface area contributed by atoms with E-state index in [2.05, 4.69) is 13.8 Å². The Morgan fingerprint density at radius 2 is 0.900 bits per heavy atom. The number of pyridine rings is 1. The molecule has 0 bridgehead atoms. The van der Waals surface area contributed by atoms with Crippen LogP contribution in [0.25, 0.3) is 0 Å². The molecule has 0 saturated heterocycles. The van der Waals surface area contributed by atoms with Crippen LogP contribution in [0.2, 0.25) is 0 Å². The van der Waals surface area contributed by atoms with Gasteiger partial charge in [0.25, 0.3) is 0 Å². The number of carboxylic acids is 4. The molecule has 0 spiro atoms. The van der Waals surface area contributed by atoms with E-state index < -0.39 is 47.5 Å². The topological polar surface area (TPSA) is 153 Å². The average molecular weight is 682 g/mol. The van der Waals surface area contributed by atoms with Crippen molar-refractivity contribution >= 4 is 23.9 Å². The summed E-state index contributed by atoms with van der Waals surface area (Å²) in [6.45, 7) is 7.68. The first-order chi connectivity index (χ1) is 18.4. The van der Waals surface area contributed by atoms with Crippen molar-refractivity contribution in [1.29, 1.82) is 0 Å². The summed E-state index contributed by atoms with van der Waals surface area (Å²) in [5.41, 5.74) is 0. The molecule has 4 unspecified atom stereocenters. The number of aromatic nitrogens is 1. The largest absolute Gasteiger partial charge is 1.00 e. The summed E-state index contributed by atoms with van der Waals surface area (Å²) in [5.74, 6) is -5.56. The van der Waals surface area contributed by atoms with Gasteiger partial charge in [0.05, 0.1) is 23.7 Å². The first kappa shape index (κ1) is 42.2. The third kappa shape index (κ3) is 22.6. The predicted molar refractivity (Wildman–Crippen MR) is 150 cm³/mol. The van der Waals surface area contributed by atoms with Crippen molar-refractivity contribution in [3.05, 3.63) is 30.6 Å². The zero-order valence-corrected chi connectivity index (χ0v) is 27.1. The lowest BCUT2D eigenvalue weighted by Crippen LogP contribution is -3.00. The molecule has 0 saturated carbocycles. The number of hydrogen-bond donors (Lipinski definition) is 4. The van der Waals surface area contributed by atoms with Crippen LogP contribution in [-0.2, 0) is 26.2 Å². The molecule has 232 valence electrons. The second-order valence-electron chi connectivity index (χ2n) is 9.96. The third-order valence-corrected chi connectivity index (χ3v) is 6.70. The van der Waals surface area contributed by atoms with Crippen LogP contribution in [0.4, 0.5) is 0 Å². The molecule has 1 aromatic rings. The quantitative estimate of drug-likeness (QED) is 0.105. The van der Waals surface area contributed by atoms with Gasteiger partial charge in [0.15, 0.2) is 12.4 Å². The van der Waals surface area contributed by atoms with E-state index in [0.29, 0.717) is 25.7 Å². The molecule has 0 fully saturated rings. The van der Waals surface area contributed by atoms with Crippen molar-refractivity contribution in [3.63, 3.8) is 0 Å². The molecule has 0 aliphatic rings. The Morgan fingerprint density at radius 1 is 0.575 bits per heavy atom. The second kappa shape index (κ2) is 27.0. The third-order valence-electron chi connectivity index (χ3n) is 6.70. The highest BCUT2D eigenvalue weighted by atomic mass is 127. The van der Waals surface area contributed by atoms with E-state index in [-0.39, 0.29) is 36.8 Å². The fourth-order valence-electron chi connectivity index (χ4n) is 4.02. The number of hydrogen-bond acceptors (Lipinski definition) is 4. The number of carbonyl (C=O) groups is 4. The molecule has 0 radical (unpaired) electrons. The van der Waals surface area contributed by atoms with Crippen molar-refractivity contribution in [2.24, 2.45) is 30.7 Å². The van der Waals surface area contributed by atoms with Crippen molar-refractivity contribution in [2.75, 3.05) is 0 Å². The summed E-state index contributed by atoms with van der Waals surface area (Å²) in [4.78, 5) is 43.6. The first-order valence-electron chi connectivity index (χ1n) is 14.3. The molecule has 4 atom stereocenters. The van der Waals surface area contributed by atoms with Gasteiger partial charge in [0.2, 0.25) is 0 Å². The predicted octanol–water partition coefficient (Wildman–Crippen LogP) is 3.05.